The van der Waals surface area contributed by atoms with Crippen molar-refractivity contribution in [3.8, 4) is 11.4 Å². The molecule has 2 N–H and O–H groups in total. The van der Waals surface area contributed by atoms with Crippen LogP contribution < -0.4 is 4.74 Å². The Morgan fingerprint density at radius 2 is 2.15 bits per heavy atom. The molecule has 2 unspecified atom stereocenters. The number of methoxy groups -OCH3 is 1. The van der Waals surface area contributed by atoms with Gasteiger partial charge in [-0.15, -0.1) is 0 Å². The van der Waals surface area contributed by atoms with Gasteiger partial charge in [-0.25, -0.2) is 14.2 Å². The average Bonchev–Trinajstić information content (AvgIpc) is 3.39. The number of H-pyrrole nitrogens is 1. The lowest BCUT2D eigenvalue weighted by atomic mass is 9.88. The number of aromatic nitrogens is 4. The van der Waals surface area contributed by atoms with Crippen LogP contribution in [0.5, 0.6) is 5.75 Å². The summed E-state index contributed by atoms with van der Waals surface area (Å²) in [5.74, 6) is -1.11. The molecule has 0 amide bonds. The summed E-state index contributed by atoms with van der Waals surface area (Å²) in [6, 6.07) is 6.83. The molecule has 2 atom stereocenters. The number of hydrogen-bond acceptors (Lipinski definition) is 5. The minimum absolute atomic E-state index is 0.0167. The van der Waals surface area contributed by atoms with Gasteiger partial charge >= 0.3 is 5.97 Å². The maximum absolute atomic E-state index is 14.2. The zero-order valence-electron chi connectivity index (χ0n) is 18.6. The fourth-order valence-corrected chi connectivity index (χ4v) is 4.82. The van der Waals surface area contributed by atoms with Crippen molar-refractivity contribution in [2.75, 3.05) is 13.7 Å². The first-order valence-corrected chi connectivity index (χ1v) is 11.0. The molecule has 1 fully saturated rings. The second kappa shape index (κ2) is 8.15. The van der Waals surface area contributed by atoms with Crippen LogP contribution >= 0.6 is 0 Å². The Morgan fingerprint density at radius 1 is 1.33 bits per heavy atom. The van der Waals surface area contributed by atoms with Crippen molar-refractivity contribution in [3.63, 3.8) is 0 Å². The fraction of sp³-hybridized carbons (Fsp3) is 0.375. The molecule has 4 heterocycles. The summed E-state index contributed by atoms with van der Waals surface area (Å²) in [5.41, 5.74) is 5.18. The number of nitrogens with zero attached hydrogens (tertiary/aromatic N) is 3. The normalized spacial score (nSPS) is 18.9. The van der Waals surface area contributed by atoms with Gasteiger partial charge < -0.3 is 19.1 Å². The standard InChI is InChI=1S/C24H25FN4O4/c1-12(2)22-20(13-4-7-18(24(30)31)33-11-13)21-17(8-14-10-26-28-23(14)27-21)29(22)15-5-6-16(25)19(9-15)32-3/h5-6,8-10,12-13,18H,4,7,11H2,1-3H3,(H,30,31)(H,26,27,28). The second-order valence-electron chi connectivity index (χ2n) is 8.71. The topological polar surface area (TPSA) is 102 Å². The zero-order valence-corrected chi connectivity index (χ0v) is 18.6. The molecule has 1 aliphatic rings. The van der Waals surface area contributed by atoms with Crippen LogP contribution in [0, 0.1) is 5.82 Å². The molecule has 9 heteroatoms. The Balaban J connectivity index is 1.77. The molecule has 1 aliphatic heterocycles. The van der Waals surface area contributed by atoms with Crippen molar-refractivity contribution >= 4 is 28.0 Å². The predicted octanol–water partition coefficient (Wildman–Crippen LogP) is 4.52. The number of aliphatic carboxylic acids is 1. The van der Waals surface area contributed by atoms with E-state index in [9.17, 15) is 14.3 Å². The molecule has 5 rings (SSSR count). The Morgan fingerprint density at radius 3 is 2.82 bits per heavy atom. The Labute approximate surface area is 189 Å². The van der Waals surface area contributed by atoms with Crippen molar-refractivity contribution in [1.29, 1.82) is 0 Å². The van der Waals surface area contributed by atoms with Gasteiger partial charge in [-0.1, -0.05) is 13.8 Å². The molecule has 0 spiro atoms. The van der Waals surface area contributed by atoms with Gasteiger partial charge in [0, 0.05) is 34.3 Å². The molecule has 0 saturated carbocycles. The van der Waals surface area contributed by atoms with E-state index in [1.165, 1.54) is 13.2 Å². The van der Waals surface area contributed by atoms with Gasteiger partial charge in [0.15, 0.2) is 23.3 Å². The number of carboxylic acids is 1. The van der Waals surface area contributed by atoms with Gasteiger partial charge in [0.05, 0.1) is 30.9 Å². The van der Waals surface area contributed by atoms with Crippen molar-refractivity contribution < 1.29 is 23.8 Å². The molecule has 0 aliphatic carbocycles. The Bertz CT molecular complexity index is 1350. The number of ether oxygens (including phenoxy) is 2. The monoisotopic (exact) mass is 452 g/mol. The molecule has 0 radical (unpaired) electrons. The van der Waals surface area contributed by atoms with E-state index in [1.54, 1.807) is 18.3 Å². The lowest BCUT2D eigenvalue weighted by Gasteiger charge is -2.28. The number of rotatable bonds is 5. The van der Waals surface area contributed by atoms with Crippen LogP contribution in [0.2, 0.25) is 0 Å². The van der Waals surface area contributed by atoms with Gasteiger partial charge in [0.1, 0.15) is 0 Å². The third-order valence-corrected chi connectivity index (χ3v) is 6.32. The second-order valence-corrected chi connectivity index (χ2v) is 8.71. The summed E-state index contributed by atoms with van der Waals surface area (Å²) in [4.78, 5) is 16.3. The summed E-state index contributed by atoms with van der Waals surface area (Å²) in [7, 11) is 1.44. The smallest absolute Gasteiger partial charge is 0.332 e. The van der Waals surface area contributed by atoms with Gasteiger partial charge in [0.25, 0.3) is 0 Å². The van der Waals surface area contributed by atoms with Crippen molar-refractivity contribution in [2.24, 2.45) is 0 Å². The summed E-state index contributed by atoms with van der Waals surface area (Å²) in [6.07, 6.45) is 2.04. The van der Waals surface area contributed by atoms with E-state index in [-0.39, 0.29) is 17.6 Å². The van der Waals surface area contributed by atoms with Crippen molar-refractivity contribution in [3.05, 3.63) is 47.5 Å². The van der Waals surface area contributed by atoms with Gasteiger partial charge in [0.2, 0.25) is 0 Å². The maximum Gasteiger partial charge on any atom is 0.332 e. The number of aromatic amines is 1. The number of hydrogen-bond donors (Lipinski definition) is 2. The Kier molecular flexibility index (Phi) is 5.28. The number of nitrogens with one attached hydrogen (secondary N) is 1. The third-order valence-electron chi connectivity index (χ3n) is 6.32. The number of pyridine rings is 1. The van der Waals surface area contributed by atoms with Crippen LogP contribution in [0.25, 0.3) is 27.8 Å². The molecule has 172 valence electrons. The van der Waals surface area contributed by atoms with Gasteiger partial charge in [-0.3, -0.25) is 5.10 Å². The van der Waals surface area contributed by atoms with E-state index in [0.29, 0.717) is 25.1 Å². The van der Waals surface area contributed by atoms with E-state index in [0.717, 1.165) is 33.4 Å². The molecule has 8 nitrogen and oxygen atoms in total. The van der Waals surface area contributed by atoms with E-state index >= 15 is 0 Å². The lowest BCUT2D eigenvalue weighted by Crippen LogP contribution is -2.31. The SMILES string of the molecule is COc1cc(-n2c(C(C)C)c(C3CCC(C(=O)O)OC3)c3nc4[nH]ncc4cc32)ccc1F. The fourth-order valence-electron chi connectivity index (χ4n) is 4.82. The molecule has 33 heavy (non-hydrogen) atoms. The van der Waals surface area contributed by atoms with Gasteiger partial charge in [-0.05, 0) is 37.0 Å². The van der Waals surface area contributed by atoms with E-state index in [4.69, 9.17) is 14.5 Å². The number of carboxylic acid groups (broad SMARTS) is 1. The largest absolute Gasteiger partial charge is 0.494 e. The first-order chi connectivity index (χ1) is 15.9. The molecular formula is C24H25FN4O4. The number of fused-ring (bicyclic) bond motifs is 2. The molecule has 4 aromatic rings. The summed E-state index contributed by atoms with van der Waals surface area (Å²) in [5, 5.41) is 17.3. The van der Waals surface area contributed by atoms with Crippen LogP contribution in [-0.2, 0) is 9.53 Å². The van der Waals surface area contributed by atoms with E-state index in [1.807, 2.05) is 6.07 Å². The van der Waals surface area contributed by atoms with Crippen LogP contribution in [0.15, 0.2) is 30.5 Å². The highest BCUT2D eigenvalue weighted by Crippen LogP contribution is 2.42. The van der Waals surface area contributed by atoms with Gasteiger partial charge in [-0.2, -0.15) is 5.10 Å². The number of halogens is 1. The highest BCUT2D eigenvalue weighted by atomic mass is 19.1. The first-order valence-electron chi connectivity index (χ1n) is 11.0. The van der Waals surface area contributed by atoms with E-state index < -0.39 is 17.9 Å². The lowest BCUT2D eigenvalue weighted by molar-refractivity contribution is -0.153. The molecule has 1 saturated heterocycles. The third kappa shape index (κ3) is 3.52. The summed E-state index contributed by atoms with van der Waals surface area (Å²) < 4.78 is 27.2. The average molecular weight is 452 g/mol. The van der Waals surface area contributed by atoms with Crippen LogP contribution in [0.4, 0.5) is 4.39 Å². The highest BCUT2D eigenvalue weighted by molar-refractivity contribution is 5.93. The first kappa shape index (κ1) is 21.4. The van der Waals surface area contributed by atoms with Crippen LogP contribution in [0.3, 0.4) is 0 Å². The van der Waals surface area contributed by atoms with Crippen LogP contribution in [-0.4, -0.2) is 50.6 Å². The molecule has 3 aromatic heterocycles. The van der Waals surface area contributed by atoms with Crippen molar-refractivity contribution in [2.45, 2.75) is 44.6 Å². The quantitative estimate of drug-likeness (QED) is 0.462. The molecule has 0 bridgehead atoms. The molecular weight excluding hydrogens is 427 g/mol. The maximum atomic E-state index is 14.2. The highest BCUT2D eigenvalue weighted by Gasteiger charge is 2.33. The minimum atomic E-state index is -0.935. The van der Waals surface area contributed by atoms with Crippen molar-refractivity contribution in [1.82, 2.24) is 19.7 Å². The molecule has 1 aromatic carbocycles. The van der Waals surface area contributed by atoms with E-state index in [2.05, 4.69) is 28.6 Å². The Hall–Kier alpha value is -3.46. The minimum Gasteiger partial charge on any atom is -0.494 e. The summed E-state index contributed by atoms with van der Waals surface area (Å²) in [6.45, 7) is 4.50. The summed E-state index contributed by atoms with van der Waals surface area (Å²) >= 11 is 0. The number of carbonyl (C=O) groups is 1. The zero-order chi connectivity index (χ0) is 23.3. The van der Waals surface area contributed by atoms with Crippen LogP contribution in [0.1, 0.15) is 49.8 Å². The number of benzene rings is 1. The predicted molar refractivity (Wildman–Crippen MR) is 121 cm³/mol.